The molecule has 1 rings (SSSR count). The van der Waals surface area contributed by atoms with Crippen molar-refractivity contribution in [1.29, 1.82) is 5.41 Å². The summed E-state index contributed by atoms with van der Waals surface area (Å²) < 4.78 is 0. The first kappa shape index (κ1) is 9.65. The summed E-state index contributed by atoms with van der Waals surface area (Å²) in [7, 11) is 0. The van der Waals surface area contributed by atoms with E-state index in [9.17, 15) is 0 Å². The predicted octanol–water partition coefficient (Wildman–Crippen LogP) is 2.84. The Morgan fingerprint density at radius 3 is 2.62 bits per heavy atom. The second-order valence-corrected chi connectivity index (χ2v) is 3.19. The third kappa shape index (κ3) is 2.51. The average Bonchev–Trinajstić information content (AvgIpc) is 2.15. The van der Waals surface area contributed by atoms with Crippen LogP contribution in [0, 0.1) is 5.41 Å². The maximum absolute atomic E-state index is 6.81. The average molecular weight is 174 g/mol. The van der Waals surface area contributed by atoms with Crippen molar-refractivity contribution in [2.75, 3.05) is 0 Å². The molecule has 68 valence electrons. The van der Waals surface area contributed by atoms with Crippen molar-refractivity contribution in [3.63, 3.8) is 0 Å². The molecule has 0 aromatic heterocycles. The Labute approximate surface area is 78.8 Å². The van der Waals surface area contributed by atoms with Crippen LogP contribution in [-0.4, -0.2) is 12.6 Å². The molecule has 1 aromatic rings. The van der Waals surface area contributed by atoms with Crippen molar-refractivity contribution in [1.82, 2.24) is 0 Å². The largest absolute Gasteiger partial charge is 0.290 e. The van der Waals surface area contributed by atoms with Gasteiger partial charge in [0.2, 0.25) is 0 Å². The molecule has 0 bridgehead atoms. The van der Waals surface area contributed by atoms with Gasteiger partial charge in [-0.2, -0.15) is 0 Å². The second kappa shape index (κ2) is 4.55. The summed E-state index contributed by atoms with van der Waals surface area (Å²) in [5, 5.41) is 6.81. The molecule has 0 heterocycles. The molecule has 13 heavy (non-hydrogen) atoms. The molecular weight excluding hydrogens is 160 g/mol. The van der Waals surface area contributed by atoms with Crippen molar-refractivity contribution in [2.45, 2.75) is 19.8 Å². The molecule has 0 aliphatic heterocycles. The van der Waals surface area contributed by atoms with Gasteiger partial charge >= 0.3 is 0 Å². The Bertz CT molecular complexity index is 314. The molecule has 1 N–H and O–H groups in total. The van der Waals surface area contributed by atoms with E-state index in [0.29, 0.717) is 5.92 Å². The maximum atomic E-state index is 6.81. The first-order valence-electron chi connectivity index (χ1n) is 4.36. The van der Waals surface area contributed by atoms with Gasteiger partial charge in [0.05, 0.1) is 0 Å². The zero-order valence-electron chi connectivity index (χ0n) is 7.99. The normalized spacial score (nSPS) is 11.0. The number of aliphatic imine (C=N–C) groups is 1. The highest BCUT2D eigenvalue weighted by molar-refractivity contribution is 5.86. The summed E-state index contributed by atoms with van der Waals surface area (Å²) in [4.78, 5) is 3.80. The minimum atomic E-state index is 0.494. The summed E-state index contributed by atoms with van der Waals surface area (Å²) in [6, 6.07) is 8.12. The maximum Gasteiger partial charge on any atom is 0.106 e. The van der Waals surface area contributed by atoms with E-state index in [2.05, 4.69) is 24.9 Å². The lowest BCUT2D eigenvalue weighted by Gasteiger charge is -2.07. The van der Waals surface area contributed by atoms with Crippen LogP contribution in [-0.2, 0) is 0 Å². The fourth-order valence-electron chi connectivity index (χ4n) is 1.27. The van der Waals surface area contributed by atoms with E-state index < -0.39 is 0 Å². The first-order valence-corrected chi connectivity index (χ1v) is 4.36. The molecule has 0 amide bonds. The van der Waals surface area contributed by atoms with Gasteiger partial charge in [-0.05, 0) is 17.0 Å². The Morgan fingerprint density at radius 1 is 1.31 bits per heavy atom. The Hall–Kier alpha value is -1.44. The first-order chi connectivity index (χ1) is 6.25. The zero-order valence-corrected chi connectivity index (χ0v) is 7.99. The van der Waals surface area contributed by atoms with Crippen molar-refractivity contribution in [3.05, 3.63) is 35.4 Å². The third-order valence-corrected chi connectivity index (χ3v) is 1.91. The quantitative estimate of drug-likeness (QED) is 0.540. The molecule has 2 heteroatoms. The molecule has 1 aromatic carbocycles. The van der Waals surface area contributed by atoms with Gasteiger partial charge in [-0.25, -0.2) is 4.99 Å². The van der Waals surface area contributed by atoms with Crippen LogP contribution in [0.15, 0.2) is 29.3 Å². The van der Waals surface area contributed by atoms with Crippen LogP contribution in [0.3, 0.4) is 0 Å². The standard InChI is InChI=1S/C11H14N2/c1-9(2)11-6-4-3-5-10(11)7-13-8-12/h3-9,12H,1-2H3. The fraction of sp³-hybridized carbons (Fsp3) is 0.273. The number of rotatable bonds is 3. The summed E-state index contributed by atoms with van der Waals surface area (Å²) in [6.45, 7) is 4.30. The summed E-state index contributed by atoms with van der Waals surface area (Å²) in [5.41, 5.74) is 2.37. The third-order valence-electron chi connectivity index (χ3n) is 1.91. The molecular formula is C11H14N2. The van der Waals surface area contributed by atoms with Crippen LogP contribution in [0.2, 0.25) is 0 Å². The number of hydrogen-bond acceptors (Lipinski definition) is 1. The van der Waals surface area contributed by atoms with Gasteiger partial charge in [0, 0.05) is 6.21 Å². The molecule has 0 aliphatic carbocycles. The van der Waals surface area contributed by atoms with E-state index in [1.54, 1.807) is 6.21 Å². The van der Waals surface area contributed by atoms with Gasteiger partial charge in [-0.3, -0.25) is 5.41 Å². The van der Waals surface area contributed by atoms with Gasteiger partial charge in [0.15, 0.2) is 0 Å². The zero-order chi connectivity index (χ0) is 9.68. The SMILES string of the molecule is CC(C)c1ccccc1C=NC=N. The van der Waals surface area contributed by atoms with E-state index in [0.717, 1.165) is 11.9 Å². The Morgan fingerprint density at radius 2 is 2.00 bits per heavy atom. The lowest BCUT2D eigenvalue weighted by molar-refractivity contribution is 0.865. The molecule has 0 saturated heterocycles. The predicted molar refractivity (Wildman–Crippen MR) is 56.9 cm³/mol. The molecule has 2 nitrogen and oxygen atoms in total. The monoisotopic (exact) mass is 174 g/mol. The number of nitrogens with zero attached hydrogens (tertiary/aromatic N) is 1. The summed E-state index contributed by atoms with van der Waals surface area (Å²) >= 11 is 0. The summed E-state index contributed by atoms with van der Waals surface area (Å²) in [5.74, 6) is 0.494. The number of hydrogen-bond donors (Lipinski definition) is 1. The fourth-order valence-corrected chi connectivity index (χ4v) is 1.27. The molecule has 0 saturated carbocycles. The number of benzene rings is 1. The van der Waals surface area contributed by atoms with E-state index in [1.165, 1.54) is 5.56 Å². The lowest BCUT2D eigenvalue weighted by Crippen LogP contribution is -1.94. The van der Waals surface area contributed by atoms with Gasteiger partial charge < -0.3 is 0 Å². The van der Waals surface area contributed by atoms with E-state index >= 15 is 0 Å². The van der Waals surface area contributed by atoms with Gasteiger partial charge in [-0.1, -0.05) is 38.1 Å². The van der Waals surface area contributed by atoms with Crippen LogP contribution in [0.25, 0.3) is 0 Å². The van der Waals surface area contributed by atoms with Crippen molar-refractivity contribution in [3.8, 4) is 0 Å². The molecule has 0 fully saturated rings. The van der Waals surface area contributed by atoms with Crippen LogP contribution < -0.4 is 0 Å². The minimum Gasteiger partial charge on any atom is -0.290 e. The molecule has 0 spiro atoms. The van der Waals surface area contributed by atoms with Gasteiger partial charge in [0.1, 0.15) is 6.34 Å². The lowest BCUT2D eigenvalue weighted by atomic mass is 9.98. The van der Waals surface area contributed by atoms with E-state index in [1.807, 2.05) is 18.2 Å². The molecule has 0 aliphatic rings. The minimum absolute atomic E-state index is 0.494. The van der Waals surface area contributed by atoms with E-state index in [-0.39, 0.29) is 0 Å². The van der Waals surface area contributed by atoms with Crippen LogP contribution in [0.5, 0.6) is 0 Å². The van der Waals surface area contributed by atoms with Crippen LogP contribution in [0.1, 0.15) is 30.9 Å². The smallest absolute Gasteiger partial charge is 0.106 e. The van der Waals surface area contributed by atoms with E-state index in [4.69, 9.17) is 5.41 Å². The highest BCUT2D eigenvalue weighted by atomic mass is 14.7. The number of nitrogens with one attached hydrogen (secondary N) is 1. The van der Waals surface area contributed by atoms with Crippen molar-refractivity contribution >= 4 is 12.6 Å². The highest BCUT2D eigenvalue weighted by Gasteiger charge is 2.02. The second-order valence-electron chi connectivity index (χ2n) is 3.19. The Kier molecular flexibility index (Phi) is 3.38. The molecule has 0 unspecified atom stereocenters. The van der Waals surface area contributed by atoms with Crippen molar-refractivity contribution in [2.24, 2.45) is 4.99 Å². The summed E-state index contributed by atoms with van der Waals surface area (Å²) in [6.07, 6.45) is 2.78. The van der Waals surface area contributed by atoms with Gasteiger partial charge in [0.25, 0.3) is 0 Å². The highest BCUT2D eigenvalue weighted by Crippen LogP contribution is 2.17. The van der Waals surface area contributed by atoms with Crippen LogP contribution in [0.4, 0.5) is 0 Å². The van der Waals surface area contributed by atoms with Gasteiger partial charge in [-0.15, -0.1) is 0 Å². The molecule has 0 atom stereocenters. The molecule has 0 radical (unpaired) electrons. The van der Waals surface area contributed by atoms with Crippen molar-refractivity contribution < 1.29 is 0 Å². The Balaban J connectivity index is 3.04. The van der Waals surface area contributed by atoms with Crippen LogP contribution >= 0.6 is 0 Å². The topological polar surface area (TPSA) is 36.2 Å².